The maximum Gasteiger partial charge on any atom is 0.243 e. The lowest BCUT2D eigenvalue weighted by Gasteiger charge is -2.32. The molecule has 4 atom stereocenters. The Balaban J connectivity index is 1.58. The van der Waals surface area contributed by atoms with Crippen LogP contribution in [0.2, 0.25) is 0 Å². The summed E-state index contributed by atoms with van der Waals surface area (Å²) >= 11 is 0. The Morgan fingerprint density at radius 2 is 1.59 bits per heavy atom. The van der Waals surface area contributed by atoms with Crippen LogP contribution in [0.4, 0.5) is 4.39 Å². The van der Waals surface area contributed by atoms with Gasteiger partial charge in [-0.2, -0.15) is 0 Å². The zero-order valence-corrected chi connectivity index (χ0v) is 22.5. The Hall–Kier alpha value is -3.81. The van der Waals surface area contributed by atoms with E-state index in [0.717, 1.165) is 12.0 Å². The molecule has 1 N–H and O–H groups in total. The molecule has 4 rings (SSSR count). The number of fused-ring (bicyclic) bond motifs is 1. The third-order valence-corrected chi connectivity index (χ3v) is 7.69. The normalized spacial score (nSPS) is 19.9. The van der Waals surface area contributed by atoms with Crippen LogP contribution in [-0.2, 0) is 32.1 Å². The number of nitrogens with zero attached hydrogens (tertiary/aromatic N) is 2. The van der Waals surface area contributed by atoms with Gasteiger partial charge in [-0.05, 0) is 49.4 Å². The number of rotatable bonds is 11. The van der Waals surface area contributed by atoms with Crippen LogP contribution in [-0.4, -0.2) is 52.1 Å². The van der Waals surface area contributed by atoms with Gasteiger partial charge in [-0.25, -0.2) is 4.39 Å². The summed E-state index contributed by atoms with van der Waals surface area (Å²) < 4.78 is 13.6. The summed E-state index contributed by atoms with van der Waals surface area (Å²) in [7, 11) is 0. The summed E-state index contributed by atoms with van der Waals surface area (Å²) in [5.74, 6) is -2.22. The molecule has 8 heteroatoms. The van der Waals surface area contributed by atoms with Crippen molar-refractivity contribution in [3.63, 3.8) is 0 Å². The molecule has 0 aromatic heterocycles. The van der Waals surface area contributed by atoms with Crippen LogP contribution in [0.5, 0.6) is 0 Å². The van der Waals surface area contributed by atoms with Gasteiger partial charge in [0.2, 0.25) is 23.6 Å². The van der Waals surface area contributed by atoms with Crippen LogP contribution in [0.15, 0.2) is 66.7 Å². The van der Waals surface area contributed by atoms with Crippen LogP contribution in [0.1, 0.15) is 50.7 Å². The summed E-state index contributed by atoms with van der Waals surface area (Å²) in [4.78, 5) is 55.9. The number of benzene rings is 2. The fourth-order valence-corrected chi connectivity index (χ4v) is 5.22. The summed E-state index contributed by atoms with van der Waals surface area (Å²) in [5.41, 5.74) is 1.56. The van der Waals surface area contributed by atoms with E-state index in [0.29, 0.717) is 18.4 Å². The van der Waals surface area contributed by atoms with E-state index < -0.39 is 11.9 Å². The largest absolute Gasteiger partial charge is 0.352 e. The van der Waals surface area contributed by atoms with Gasteiger partial charge in [0.1, 0.15) is 11.9 Å². The van der Waals surface area contributed by atoms with Crippen molar-refractivity contribution in [2.24, 2.45) is 11.8 Å². The Kier molecular flexibility index (Phi) is 9.28. The summed E-state index contributed by atoms with van der Waals surface area (Å²) in [6.45, 7) is 3.92. The maximum absolute atomic E-state index is 13.8. The first-order chi connectivity index (χ1) is 18.8. The molecule has 206 valence electrons. The van der Waals surface area contributed by atoms with Gasteiger partial charge in [-0.15, -0.1) is 0 Å². The average Bonchev–Trinajstić information content (AvgIpc) is 3.19. The molecule has 0 saturated carbocycles. The van der Waals surface area contributed by atoms with E-state index in [1.54, 1.807) is 12.1 Å². The molecule has 0 unspecified atom stereocenters. The molecule has 1 fully saturated rings. The van der Waals surface area contributed by atoms with Gasteiger partial charge in [0.25, 0.3) is 0 Å². The first-order valence-corrected chi connectivity index (χ1v) is 13.7. The van der Waals surface area contributed by atoms with Gasteiger partial charge < -0.3 is 10.2 Å². The fraction of sp³-hybridized carbons (Fsp3) is 0.419. The highest BCUT2D eigenvalue weighted by atomic mass is 19.1. The molecule has 0 radical (unpaired) electrons. The van der Waals surface area contributed by atoms with Crippen molar-refractivity contribution in [1.29, 1.82) is 0 Å². The highest BCUT2D eigenvalue weighted by Gasteiger charge is 2.47. The van der Waals surface area contributed by atoms with Crippen molar-refractivity contribution in [2.75, 3.05) is 6.54 Å². The van der Waals surface area contributed by atoms with Crippen LogP contribution in [0, 0.1) is 17.7 Å². The lowest BCUT2D eigenvalue weighted by molar-refractivity contribution is -0.144. The summed E-state index contributed by atoms with van der Waals surface area (Å²) in [5, 5.41) is 3.01. The number of imide groups is 1. The van der Waals surface area contributed by atoms with Crippen LogP contribution in [0.3, 0.4) is 0 Å². The molecule has 1 saturated heterocycles. The predicted molar refractivity (Wildman–Crippen MR) is 145 cm³/mol. The van der Waals surface area contributed by atoms with Crippen LogP contribution >= 0.6 is 0 Å². The number of allylic oxidation sites excluding steroid dienone is 2. The highest BCUT2D eigenvalue weighted by molar-refractivity contribution is 6.05. The van der Waals surface area contributed by atoms with E-state index in [4.69, 9.17) is 0 Å². The summed E-state index contributed by atoms with van der Waals surface area (Å²) in [6, 6.07) is 14.3. The number of amides is 4. The quantitative estimate of drug-likeness (QED) is 0.349. The van der Waals surface area contributed by atoms with E-state index in [1.807, 2.05) is 56.3 Å². The van der Waals surface area contributed by atoms with Gasteiger partial charge in [-0.1, -0.05) is 61.5 Å². The number of hydrogen-bond donors (Lipinski definition) is 1. The van der Waals surface area contributed by atoms with Gasteiger partial charge >= 0.3 is 0 Å². The molecule has 1 aliphatic heterocycles. The zero-order chi connectivity index (χ0) is 27.9. The van der Waals surface area contributed by atoms with Crippen LogP contribution in [0.25, 0.3) is 0 Å². The lowest BCUT2D eigenvalue weighted by atomic mass is 9.85. The van der Waals surface area contributed by atoms with Gasteiger partial charge in [0.15, 0.2) is 0 Å². The van der Waals surface area contributed by atoms with Crippen LogP contribution < -0.4 is 5.32 Å². The van der Waals surface area contributed by atoms with Gasteiger partial charge in [0, 0.05) is 32.0 Å². The second-order valence-corrected chi connectivity index (χ2v) is 10.4. The lowest BCUT2D eigenvalue weighted by Crippen LogP contribution is -2.52. The van der Waals surface area contributed by atoms with E-state index in [2.05, 4.69) is 5.32 Å². The first kappa shape index (κ1) is 28.2. The van der Waals surface area contributed by atoms with Crippen molar-refractivity contribution in [1.82, 2.24) is 15.1 Å². The Morgan fingerprint density at radius 3 is 2.18 bits per heavy atom. The van der Waals surface area contributed by atoms with Crippen molar-refractivity contribution in [3.8, 4) is 0 Å². The SMILES string of the molecule is CC[C@H](C)NC(=O)[C@@H](Cc1ccccc1)N(Cc1ccc(F)cc1)C(=O)CCN1C(=O)[C@H]2CC=CC[C@H]2C1=O. The molecule has 1 heterocycles. The third kappa shape index (κ3) is 6.80. The van der Waals surface area contributed by atoms with Crippen molar-refractivity contribution in [3.05, 3.63) is 83.7 Å². The minimum atomic E-state index is -0.837. The molecule has 4 amide bonds. The van der Waals surface area contributed by atoms with Crippen molar-refractivity contribution in [2.45, 2.75) is 64.6 Å². The average molecular weight is 534 g/mol. The van der Waals surface area contributed by atoms with E-state index in [1.165, 1.54) is 21.9 Å². The van der Waals surface area contributed by atoms with E-state index >= 15 is 0 Å². The molecular weight excluding hydrogens is 497 g/mol. The molecule has 2 aliphatic rings. The minimum absolute atomic E-state index is 0.0333. The number of nitrogens with one attached hydrogen (secondary N) is 1. The number of halogens is 1. The fourth-order valence-electron chi connectivity index (χ4n) is 5.22. The molecule has 0 bridgehead atoms. The predicted octanol–water partition coefficient (Wildman–Crippen LogP) is 4.02. The monoisotopic (exact) mass is 533 g/mol. The van der Waals surface area contributed by atoms with Gasteiger partial charge in [0.05, 0.1) is 11.8 Å². The maximum atomic E-state index is 13.8. The van der Waals surface area contributed by atoms with Crippen molar-refractivity contribution < 1.29 is 23.6 Å². The zero-order valence-electron chi connectivity index (χ0n) is 22.5. The number of carbonyl (C=O) groups is 4. The molecule has 1 aliphatic carbocycles. The Bertz CT molecular complexity index is 1190. The highest BCUT2D eigenvalue weighted by Crippen LogP contribution is 2.35. The first-order valence-electron chi connectivity index (χ1n) is 13.7. The molecular formula is C31H36FN3O4. The van der Waals surface area contributed by atoms with Gasteiger partial charge in [-0.3, -0.25) is 24.1 Å². The second-order valence-electron chi connectivity index (χ2n) is 10.4. The second kappa shape index (κ2) is 12.8. The minimum Gasteiger partial charge on any atom is -0.352 e. The molecule has 7 nitrogen and oxygen atoms in total. The molecule has 0 spiro atoms. The molecule has 2 aromatic rings. The van der Waals surface area contributed by atoms with Crippen molar-refractivity contribution >= 4 is 23.6 Å². The number of carbonyl (C=O) groups excluding carboxylic acids is 4. The number of likely N-dealkylation sites (tertiary alicyclic amines) is 1. The smallest absolute Gasteiger partial charge is 0.243 e. The topological polar surface area (TPSA) is 86.8 Å². The number of hydrogen-bond acceptors (Lipinski definition) is 4. The Morgan fingerprint density at radius 1 is 0.974 bits per heavy atom. The summed E-state index contributed by atoms with van der Waals surface area (Å²) in [6.07, 6.45) is 5.83. The molecule has 2 aromatic carbocycles. The third-order valence-electron chi connectivity index (χ3n) is 7.69. The van der Waals surface area contributed by atoms with E-state index in [9.17, 15) is 23.6 Å². The molecule has 39 heavy (non-hydrogen) atoms. The Labute approximate surface area is 229 Å². The standard InChI is InChI=1S/C31H36FN3O4/c1-3-21(2)33-29(37)27(19-22-9-5-4-6-10-22)35(20-23-13-15-24(32)16-14-23)28(36)17-18-34-30(38)25-11-7-8-12-26(25)31(34)39/h4-10,13-16,21,25-27H,3,11-12,17-20H2,1-2H3,(H,33,37)/t21-,25-,26+,27+/m0/s1. The van der Waals surface area contributed by atoms with E-state index in [-0.39, 0.29) is 67.4 Å².